The van der Waals surface area contributed by atoms with E-state index in [9.17, 15) is 13.2 Å². The summed E-state index contributed by atoms with van der Waals surface area (Å²) in [5.41, 5.74) is 0.303. The van der Waals surface area contributed by atoms with Gasteiger partial charge >= 0.3 is 6.18 Å². The minimum Gasteiger partial charge on any atom is -0.306 e. The number of halogens is 3. The highest BCUT2D eigenvalue weighted by atomic mass is 19.4. The second-order valence-electron chi connectivity index (χ2n) is 5.05. The van der Waals surface area contributed by atoms with Crippen molar-refractivity contribution in [2.45, 2.75) is 31.4 Å². The van der Waals surface area contributed by atoms with Crippen LogP contribution in [0.25, 0.3) is 0 Å². The van der Waals surface area contributed by atoms with Crippen molar-refractivity contribution in [1.82, 2.24) is 4.90 Å². The van der Waals surface area contributed by atoms with E-state index in [4.69, 9.17) is 0 Å². The van der Waals surface area contributed by atoms with Gasteiger partial charge in [-0.25, -0.2) is 0 Å². The van der Waals surface area contributed by atoms with Gasteiger partial charge in [-0.2, -0.15) is 13.2 Å². The monoisotopic (exact) mass is 257 g/mol. The Kier molecular flexibility index (Phi) is 3.95. The lowest BCUT2D eigenvalue weighted by molar-refractivity contribution is -0.137. The van der Waals surface area contributed by atoms with E-state index in [1.807, 2.05) is 6.07 Å². The normalized spacial score (nSPS) is 22.8. The highest BCUT2D eigenvalue weighted by Gasteiger charge is 2.31. The van der Waals surface area contributed by atoms with Gasteiger partial charge in [0.05, 0.1) is 5.56 Å². The number of hydrogen-bond acceptors (Lipinski definition) is 1. The van der Waals surface area contributed by atoms with Crippen LogP contribution in [0.3, 0.4) is 0 Å². The Labute approximate surface area is 106 Å². The lowest BCUT2D eigenvalue weighted by atomic mass is 9.91. The summed E-state index contributed by atoms with van der Waals surface area (Å²) in [6, 6.07) is 5.81. The van der Waals surface area contributed by atoms with Gasteiger partial charge in [0.15, 0.2) is 0 Å². The number of nitrogens with zero attached hydrogens (tertiary/aromatic N) is 1. The van der Waals surface area contributed by atoms with Crippen LogP contribution in [0.5, 0.6) is 0 Å². The Morgan fingerprint density at radius 1 is 1.17 bits per heavy atom. The largest absolute Gasteiger partial charge is 0.416 e. The molecule has 1 nitrogen and oxygen atoms in total. The van der Waals surface area contributed by atoms with E-state index in [0.29, 0.717) is 0 Å². The Morgan fingerprint density at radius 3 is 2.67 bits per heavy atom. The van der Waals surface area contributed by atoms with Gasteiger partial charge in [0.1, 0.15) is 0 Å². The maximum atomic E-state index is 12.7. The molecular weight excluding hydrogens is 239 g/mol. The quantitative estimate of drug-likeness (QED) is 0.737. The predicted octanol–water partition coefficient (Wildman–Crippen LogP) is 3.90. The first-order valence-electron chi connectivity index (χ1n) is 6.32. The number of benzene rings is 1. The smallest absolute Gasteiger partial charge is 0.306 e. The van der Waals surface area contributed by atoms with Gasteiger partial charge in [-0.3, -0.25) is 0 Å². The van der Waals surface area contributed by atoms with Crippen molar-refractivity contribution in [3.05, 3.63) is 35.4 Å². The Hall–Kier alpha value is -1.03. The van der Waals surface area contributed by atoms with Crippen LogP contribution in [0.15, 0.2) is 24.3 Å². The van der Waals surface area contributed by atoms with Gasteiger partial charge in [0.2, 0.25) is 0 Å². The Balaban J connectivity index is 2.17. The fourth-order valence-corrected chi connectivity index (χ4v) is 2.54. The fourth-order valence-electron chi connectivity index (χ4n) is 2.54. The zero-order valence-corrected chi connectivity index (χ0v) is 10.5. The Morgan fingerprint density at radius 2 is 1.94 bits per heavy atom. The van der Waals surface area contributed by atoms with Crippen LogP contribution >= 0.6 is 0 Å². The lowest BCUT2D eigenvalue weighted by Crippen LogP contribution is -2.18. The van der Waals surface area contributed by atoms with E-state index < -0.39 is 11.7 Å². The van der Waals surface area contributed by atoms with E-state index in [1.165, 1.54) is 12.1 Å². The fraction of sp³-hybridized carbons (Fsp3) is 0.571. The average Bonchev–Trinajstić information content (AvgIpc) is 2.53. The lowest BCUT2D eigenvalue weighted by Gasteiger charge is -2.17. The van der Waals surface area contributed by atoms with Crippen molar-refractivity contribution < 1.29 is 13.2 Å². The van der Waals surface area contributed by atoms with Crippen LogP contribution in [-0.4, -0.2) is 25.0 Å². The third kappa shape index (κ3) is 3.25. The second kappa shape index (κ2) is 5.31. The molecule has 0 bridgehead atoms. The summed E-state index contributed by atoms with van der Waals surface area (Å²) in [5.74, 6) is 0.261. The van der Waals surface area contributed by atoms with Gasteiger partial charge in [0, 0.05) is 0 Å². The SMILES string of the molecule is CN1CCCC(c2cccc(C(F)(F)F)c2)CC1. The van der Waals surface area contributed by atoms with Crippen LogP contribution < -0.4 is 0 Å². The molecule has 0 amide bonds. The van der Waals surface area contributed by atoms with Crippen molar-refractivity contribution in [2.75, 3.05) is 20.1 Å². The molecule has 4 heteroatoms. The summed E-state index contributed by atoms with van der Waals surface area (Å²) in [6.45, 7) is 2.00. The topological polar surface area (TPSA) is 3.24 Å². The van der Waals surface area contributed by atoms with E-state index in [1.54, 1.807) is 0 Å². The number of rotatable bonds is 1. The first-order valence-corrected chi connectivity index (χ1v) is 6.32. The van der Waals surface area contributed by atoms with E-state index in [-0.39, 0.29) is 5.92 Å². The molecule has 18 heavy (non-hydrogen) atoms. The third-order valence-corrected chi connectivity index (χ3v) is 3.64. The molecule has 0 aliphatic carbocycles. The zero-order chi connectivity index (χ0) is 13.2. The third-order valence-electron chi connectivity index (χ3n) is 3.64. The van der Waals surface area contributed by atoms with E-state index >= 15 is 0 Å². The number of hydrogen-bond donors (Lipinski definition) is 0. The maximum Gasteiger partial charge on any atom is 0.416 e. The minimum absolute atomic E-state index is 0.261. The molecule has 0 saturated carbocycles. The summed E-state index contributed by atoms with van der Waals surface area (Å²) >= 11 is 0. The first-order chi connectivity index (χ1) is 8.47. The molecule has 0 aromatic heterocycles. The summed E-state index contributed by atoms with van der Waals surface area (Å²) in [4.78, 5) is 2.24. The molecule has 1 unspecified atom stereocenters. The molecule has 1 aromatic carbocycles. The van der Waals surface area contributed by atoms with Crippen LogP contribution in [0.4, 0.5) is 13.2 Å². The summed E-state index contributed by atoms with van der Waals surface area (Å²) in [7, 11) is 2.06. The molecule has 0 N–H and O–H groups in total. The van der Waals surface area contributed by atoms with E-state index in [2.05, 4.69) is 11.9 Å². The van der Waals surface area contributed by atoms with Crippen LogP contribution in [0.2, 0.25) is 0 Å². The van der Waals surface area contributed by atoms with Crippen LogP contribution in [0, 0.1) is 0 Å². The first kappa shape index (κ1) is 13.4. The molecule has 1 aliphatic rings. The van der Waals surface area contributed by atoms with Gasteiger partial charge in [0.25, 0.3) is 0 Å². The standard InChI is InChI=1S/C14H18F3N/c1-18-8-3-5-11(7-9-18)12-4-2-6-13(10-12)14(15,16)17/h2,4,6,10-11H,3,5,7-9H2,1H3. The van der Waals surface area contributed by atoms with E-state index in [0.717, 1.165) is 44.0 Å². The minimum atomic E-state index is -4.24. The molecular formula is C14H18F3N. The molecule has 2 rings (SSSR count). The van der Waals surface area contributed by atoms with Crippen molar-refractivity contribution >= 4 is 0 Å². The van der Waals surface area contributed by atoms with Gasteiger partial charge in [-0.15, -0.1) is 0 Å². The Bertz CT molecular complexity index is 400. The average molecular weight is 257 g/mol. The van der Waals surface area contributed by atoms with Crippen molar-refractivity contribution in [2.24, 2.45) is 0 Å². The molecule has 1 aromatic rings. The van der Waals surface area contributed by atoms with Gasteiger partial charge in [-0.05, 0) is 56.9 Å². The van der Waals surface area contributed by atoms with Crippen LogP contribution in [0.1, 0.15) is 36.3 Å². The molecule has 1 fully saturated rings. The second-order valence-corrected chi connectivity index (χ2v) is 5.05. The number of alkyl halides is 3. The molecule has 1 aliphatic heterocycles. The zero-order valence-electron chi connectivity index (χ0n) is 10.5. The van der Waals surface area contributed by atoms with Crippen molar-refractivity contribution in [1.29, 1.82) is 0 Å². The molecule has 0 spiro atoms. The number of likely N-dealkylation sites (tertiary alicyclic amines) is 1. The highest BCUT2D eigenvalue weighted by molar-refractivity contribution is 5.28. The van der Waals surface area contributed by atoms with Crippen molar-refractivity contribution in [3.63, 3.8) is 0 Å². The molecule has 1 heterocycles. The molecule has 100 valence electrons. The molecule has 0 radical (unpaired) electrons. The van der Waals surface area contributed by atoms with Gasteiger partial charge < -0.3 is 4.90 Å². The summed E-state index contributed by atoms with van der Waals surface area (Å²) < 4.78 is 38.0. The highest BCUT2D eigenvalue weighted by Crippen LogP contribution is 2.33. The van der Waals surface area contributed by atoms with Crippen molar-refractivity contribution in [3.8, 4) is 0 Å². The van der Waals surface area contributed by atoms with Crippen LogP contribution in [-0.2, 0) is 6.18 Å². The molecule has 1 atom stereocenters. The summed E-state index contributed by atoms with van der Waals surface area (Å²) in [5, 5.41) is 0. The predicted molar refractivity (Wildman–Crippen MR) is 65.5 cm³/mol. The van der Waals surface area contributed by atoms with Gasteiger partial charge in [-0.1, -0.05) is 18.2 Å². The maximum absolute atomic E-state index is 12.7. The summed E-state index contributed by atoms with van der Waals surface area (Å²) in [6.07, 6.45) is -1.27. The molecule has 1 saturated heterocycles.